The van der Waals surface area contributed by atoms with Crippen LogP contribution in [0.5, 0.6) is 11.5 Å². The first-order valence-corrected chi connectivity index (χ1v) is 10.3. The number of nitrogens with zero attached hydrogens (tertiary/aromatic N) is 3. The fraction of sp³-hybridized carbons (Fsp3) is 0.409. The molecule has 1 atom stereocenters. The molecule has 3 aromatic rings. The van der Waals surface area contributed by atoms with E-state index in [2.05, 4.69) is 20.3 Å². The summed E-state index contributed by atoms with van der Waals surface area (Å²) >= 11 is 0. The van der Waals surface area contributed by atoms with Crippen molar-refractivity contribution in [2.75, 3.05) is 24.8 Å². The van der Waals surface area contributed by atoms with Crippen molar-refractivity contribution in [3.63, 3.8) is 0 Å². The van der Waals surface area contributed by atoms with Crippen LogP contribution in [0.4, 0.5) is 24.8 Å². The summed E-state index contributed by atoms with van der Waals surface area (Å²) in [5, 5.41) is 13.4. The van der Waals surface area contributed by atoms with Gasteiger partial charge in [-0.05, 0) is 50.5 Å². The summed E-state index contributed by atoms with van der Waals surface area (Å²) in [4.78, 5) is 12.3. The van der Waals surface area contributed by atoms with Gasteiger partial charge in [-0.3, -0.25) is 0 Å². The maximum atomic E-state index is 13.2. The molecular formula is C22H24F3N5O3. The molecule has 1 aliphatic rings. The molecule has 4 rings (SSSR count). The highest BCUT2D eigenvalue weighted by atomic mass is 19.4. The van der Waals surface area contributed by atoms with Gasteiger partial charge in [-0.15, -0.1) is 0 Å². The van der Waals surface area contributed by atoms with E-state index in [1.807, 2.05) is 0 Å². The monoisotopic (exact) mass is 463 g/mol. The van der Waals surface area contributed by atoms with Crippen molar-refractivity contribution in [2.45, 2.75) is 44.5 Å². The van der Waals surface area contributed by atoms with Gasteiger partial charge in [0.1, 0.15) is 28.8 Å². The second-order valence-corrected chi connectivity index (χ2v) is 8.16. The number of hydrogen-bond acceptors (Lipinski definition) is 8. The summed E-state index contributed by atoms with van der Waals surface area (Å²) in [6.45, 7) is 3.29. The first-order chi connectivity index (χ1) is 15.5. The molecule has 0 unspecified atom stereocenters. The zero-order valence-electron chi connectivity index (χ0n) is 18.3. The van der Waals surface area contributed by atoms with Crippen LogP contribution in [-0.4, -0.2) is 39.4 Å². The number of halogens is 3. The quantitative estimate of drug-likeness (QED) is 0.481. The minimum atomic E-state index is -4.61. The van der Waals surface area contributed by atoms with E-state index >= 15 is 0 Å². The van der Waals surface area contributed by atoms with Gasteiger partial charge in [0, 0.05) is 11.5 Å². The van der Waals surface area contributed by atoms with Crippen LogP contribution in [0, 0.1) is 6.92 Å². The molecule has 33 heavy (non-hydrogen) atoms. The maximum absolute atomic E-state index is 13.2. The Morgan fingerprint density at radius 2 is 1.88 bits per heavy atom. The van der Waals surface area contributed by atoms with Crippen molar-refractivity contribution in [1.29, 1.82) is 0 Å². The first-order valence-electron chi connectivity index (χ1n) is 10.3. The number of ether oxygens (including phenoxy) is 2. The number of aromatic nitrogens is 3. The molecule has 0 saturated heterocycles. The van der Waals surface area contributed by atoms with Gasteiger partial charge in [-0.25, -0.2) is 15.0 Å². The number of hydrogen-bond donors (Lipinski definition) is 3. The highest BCUT2D eigenvalue weighted by molar-refractivity contribution is 5.92. The smallest absolute Gasteiger partial charge is 0.433 e. The molecule has 0 radical (unpaired) electrons. The van der Waals surface area contributed by atoms with Crippen molar-refractivity contribution < 1.29 is 27.8 Å². The summed E-state index contributed by atoms with van der Waals surface area (Å²) in [5.74, 6) is 1.53. The van der Waals surface area contributed by atoms with Crippen LogP contribution in [0.15, 0.2) is 24.3 Å². The molecule has 11 heteroatoms. The van der Waals surface area contributed by atoms with Crippen LogP contribution in [0.25, 0.3) is 10.9 Å². The normalized spacial score (nSPS) is 15.8. The zero-order chi connectivity index (χ0) is 24.0. The van der Waals surface area contributed by atoms with Gasteiger partial charge in [-0.2, -0.15) is 13.2 Å². The van der Waals surface area contributed by atoms with Crippen molar-refractivity contribution in [2.24, 2.45) is 0 Å². The lowest BCUT2D eigenvalue weighted by atomic mass is 10.1. The summed E-state index contributed by atoms with van der Waals surface area (Å²) < 4.78 is 51.0. The number of aliphatic hydroxyl groups excluding tert-OH is 1. The van der Waals surface area contributed by atoms with Crippen LogP contribution in [0.1, 0.15) is 42.9 Å². The largest absolute Gasteiger partial charge is 0.493 e. The van der Waals surface area contributed by atoms with Gasteiger partial charge in [0.25, 0.3) is 0 Å². The predicted octanol–water partition coefficient (Wildman–Crippen LogP) is 4.02. The molecule has 176 valence electrons. The molecule has 1 aromatic carbocycles. The highest BCUT2D eigenvalue weighted by Crippen LogP contribution is 2.44. The fourth-order valence-electron chi connectivity index (χ4n) is 3.52. The number of alkyl halides is 3. The van der Waals surface area contributed by atoms with E-state index in [-0.39, 0.29) is 12.4 Å². The third-order valence-electron chi connectivity index (χ3n) is 5.53. The van der Waals surface area contributed by atoms with Gasteiger partial charge in [0.05, 0.1) is 25.3 Å². The molecule has 0 spiro atoms. The molecule has 0 bridgehead atoms. The van der Waals surface area contributed by atoms with Crippen molar-refractivity contribution >= 4 is 22.5 Å². The Morgan fingerprint density at radius 1 is 1.15 bits per heavy atom. The third-order valence-corrected chi connectivity index (χ3v) is 5.53. The summed E-state index contributed by atoms with van der Waals surface area (Å²) in [7, 11) is 1.51. The average Bonchev–Trinajstić information content (AvgIpc) is 3.52. The Morgan fingerprint density at radius 3 is 2.48 bits per heavy atom. The van der Waals surface area contributed by atoms with Crippen molar-refractivity contribution in [3.05, 3.63) is 41.3 Å². The number of fused-ring (bicyclic) bond motifs is 1. The third kappa shape index (κ3) is 4.72. The number of nitrogen functional groups attached to an aromatic ring is 1. The lowest BCUT2D eigenvalue weighted by molar-refractivity contribution is -0.141. The molecular weight excluding hydrogens is 439 g/mol. The standard InChI is InChI=1S/C22H24F3N5O3/c1-11(13-6-18(22(23,24)25)30-19(26)7-13)27-20-14-8-17(33-21(10-31)4-5-21)16(32-3)9-15(14)28-12(2)29-20/h6-9,11,31H,4-5,10H2,1-3H3,(H2,26,30)(H,27,28,29)/t11-/m1/s1. The second-order valence-electron chi connectivity index (χ2n) is 8.16. The maximum Gasteiger partial charge on any atom is 0.433 e. The topological polar surface area (TPSA) is 115 Å². The number of nitrogens with one attached hydrogen (secondary N) is 1. The fourth-order valence-corrected chi connectivity index (χ4v) is 3.52. The van der Waals surface area contributed by atoms with E-state index in [1.165, 1.54) is 13.2 Å². The van der Waals surface area contributed by atoms with Crippen molar-refractivity contribution in [3.8, 4) is 11.5 Å². The lowest BCUT2D eigenvalue weighted by Crippen LogP contribution is -2.23. The molecule has 2 aromatic heterocycles. The van der Waals surface area contributed by atoms with Crippen molar-refractivity contribution in [1.82, 2.24) is 15.0 Å². The first kappa shape index (κ1) is 22.8. The van der Waals surface area contributed by atoms with E-state index in [0.717, 1.165) is 18.9 Å². The minimum absolute atomic E-state index is 0.119. The Bertz CT molecular complexity index is 1200. The number of aliphatic hydroxyl groups is 1. The summed E-state index contributed by atoms with van der Waals surface area (Å²) in [6, 6.07) is 5.18. The van der Waals surface area contributed by atoms with E-state index < -0.39 is 23.5 Å². The van der Waals surface area contributed by atoms with Crippen LogP contribution < -0.4 is 20.5 Å². The van der Waals surface area contributed by atoms with E-state index in [0.29, 0.717) is 39.6 Å². The molecule has 0 amide bonds. The summed E-state index contributed by atoms with van der Waals surface area (Å²) in [5.41, 5.74) is 4.80. The highest BCUT2D eigenvalue weighted by Gasteiger charge is 2.45. The Labute approximate surface area is 188 Å². The van der Waals surface area contributed by atoms with Gasteiger partial charge >= 0.3 is 6.18 Å². The molecule has 2 heterocycles. The molecule has 8 nitrogen and oxygen atoms in total. The molecule has 1 fully saturated rings. The molecule has 4 N–H and O–H groups in total. The number of rotatable bonds is 7. The average molecular weight is 463 g/mol. The lowest BCUT2D eigenvalue weighted by Gasteiger charge is -2.21. The number of benzene rings is 1. The number of aryl methyl sites for hydroxylation is 1. The Kier molecular flexibility index (Phi) is 5.69. The predicted molar refractivity (Wildman–Crippen MR) is 116 cm³/mol. The summed E-state index contributed by atoms with van der Waals surface area (Å²) in [6.07, 6.45) is -3.17. The molecule has 1 aliphatic carbocycles. The van der Waals surface area contributed by atoms with E-state index in [4.69, 9.17) is 15.2 Å². The van der Waals surface area contributed by atoms with Crippen LogP contribution in [0.3, 0.4) is 0 Å². The number of pyridine rings is 1. The molecule has 1 saturated carbocycles. The SMILES string of the molecule is COc1cc2nc(C)nc(N[C@H](C)c3cc(N)nc(C(F)(F)F)c3)c2cc1OC1(CO)CC1. The number of anilines is 2. The van der Waals surface area contributed by atoms with Gasteiger partial charge in [0.2, 0.25) is 0 Å². The van der Waals surface area contributed by atoms with E-state index in [1.54, 1.807) is 26.0 Å². The minimum Gasteiger partial charge on any atom is -0.493 e. The van der Waals surface area contributed by atoms with Crippen LogP contribution in [-0.2, 0) is 6.18 Å². The van der Waals surface area contributed by atoms with Gasteiger partial charge in [0.15, 0.2) is 11.5 Å². The zero-order valence-corrected chi connectivity index (χ0v) is 18.3. The Balaban J connectivity index is 1.73. The van der Waals surface area contributed by atoms with Gasteiger partial charge in [-0.1, -0.05) is 0 Å². The van der Waals surface area contributed by atoms with E-state index in [9.17, 15) is 18.3 Å². The van der Waals surface area contributed by atoms with Crippen LogP contribution in [0.2, 0.25) is 0 Å². The second kappa shape index (κ2) is 8.22. The molecule has 0 aliphatic heterocycles. The number of nitrogens with two attached hydrogens (primary N) is 1. The van der Waals surface area contributed by atoms with Gasteiger partial charge < -0.3 is 25.6 Å². The van der Waals surface area contributed by atoms with Crippen LogP contribution >= 0.6 is 0 Å². The Hall–Kier alpha value is -3.34. The number of methoxy groups -OCH3 is 1.